The summed E-state index contributed by atoms with van der Waals surface area (Å²) in [5.41, 5.74) is 5.62. The van der Waals surface area contributed by atoms with Crippen LogP contribution in [0.5, 0.6) is 0 Å². The van der Waals surface area contributed by atoms with Crippen molar-refractivity contribution in [2.24, 2.45) is 5.73 Å². The van der Waals surface area contributed by atoms with E-state index in [1.807, 2.05) is 0 Å². The Bertz CT molecular complexity index is 381. The number of nitrogens with two attached hydrogens (primary N) is 1. The minimum absolute atomic E-state index is 0.0425. The van der Waals surface area contributed by atoms with Gasteiger partial charge >= 0.3 is 0 Å². The van der Waals surface area contributed by atoms with Crippen LogP contribution < -0.4 is 10.5 Å². The van der Waals surface area contributed by atoms with Crippen LogP contribution in [-0.2, 0) is 14.8 Å². The predicted molar refractivity (Wildman–Crippen MR) is 70.5 cm³/mol. The van der Waals surface area contributed by atoms with Gasteiger partial charge in [-0.3, -0.25) is 4.79 Å². The van der Waals surface area contributed by atoms with Crippen molar-refractivity contribution in [2.75, 3.05) is 19.3 Å². The number of nitrogens with zero attached hydrogens (tertiary/aromatic N) is 1. The van der Waals surface area contributed by atoms with Gasteiger partial charge in [-0.05, 0) is 32.6 Å². The van der Waals surface area contributed by atoms with E-state index in [1.54, 1.807) is 11.8 Å². The molecule has 1 aliphatic heterocycles. The standard InChI is InChI=1S/C11H23N3O3S/c1-9(12)11(15)14-8-4-3-5-10(14)6-7-13-18(2,16)17/h9-10,13H,3-8,12H2,1-2H3/t9-,10?/m0/s1. The monoisotopic (exact) mass is 277 g/mol. The van der Waals surface area contributed by atoms with Crippen LogP contribution >= 0.6 is 0 Å². The van der Waals surface area contributed by atoms with Crippen LogP contribution in [0, 0.1) is 0 Å². The maximum Gasteiger partial charge on any atom is 0.239 e. The Balaban J connectivity index is 2.52. The summed E-state index contributed by atoms with van der Waals surface area (Å²) in [5, 5.41) is 0. The lowest BCUT2D eigenvalue weighted by atomic mass is 9.98. The van der Waals surface area contributed by atoms with Crippen LogP contribution in [0.25, 0.3) is 0 Å². The van der Waals surface area contributed by atoms with Gasteiger partial charge in [0, 0.05) is 19.1 Å². The minimum Gasteiger partial charge on any atom is -0.338 e. The fourth-order valence-electron chi connectivity index (χ4n) is 2.26. The smallest absolute Gasteiger partial charge is 0.239 e. The Morgan fingerprint density at radius 3 is 2.72 bits per heavy atom. The molecule has 0 aromatic rings. The van der Waals surface area contributed by atoms with Gasteiger partial charge in [0.1, 0.15) is 0 Å². The van der Waals surface area contributed by atoms with E-state index < -0.39 is 16.1 Å². The van der Waals surface area contributed by atoms with E-state index in [2.05, 4.69) is 4.72 Å². The summed E-state index contributed by atoms with van der Waals surface area (Å²) < 4.78 is 24.4. The third kappa shape index (κ3) is 4.91. The first-order valence-electron chi connectivity index (χ1n) is 6.32. The summed E-state index contributed by atoms with van der Waals surface area (Å²) in [6, 6.07) is -0.389. The SMILES string of the molecule is C[C@H](N)C(=O)N1CCCCC1CCNS(C)(=O)=O. The van der Waals surface area contributed by atoms with E-state index in [-0.39, 0.29) is 11.9 Å². The molecule has 0 bridgehead atoms. The van der Waals surface area contributed by atoms with Gasteiger partial charge in [0.15, 0.2) is 0 Å². The van der Waals surface area contributed by atoms with Crippen LogP contribution in [0.3, 0.4) is 0 Å². The summed E-state index contributed by atoms with van der Waals surface area (Å²) in [6.45, 7) is 2.78. The third-order valence-corrected chi connectivity index (χ3v) is 3.87. The fourth-order valence-corrected chi connectivity index (χ4v) is 2.75. The van der Waals surface area contributed by atoms with Crippen molar-refractivity contribution >= 4 is 15.9 Å². The molecule has 0 saturated carbocycles. The largest absolute Gasteiger partial charge is 0.338 e. The topological polar surface area (TPSA) is 92.5 Å². The molecule has 0 aromatic heterocycles. The van der Waals surface area contributed by atoms with Crippen molar-refractivity contribution in [3.05, 3.63) is 0 Å². The second kappa shape index (κ2) is 6.49. The number of carbonyl (C=O) groups excluding carboxylic acids is 1. The summed E-state index contributed by atoms with van der Waals surface area (Å²) in [6.07, 6.45) is 4.77. The highest BCUT2D eigenvalue weighted by Crippen LogP contribution is 2.20. The quantitative estimate of drug-likeness (QED) is 0.718. The molecule has 0 aliphatic carbocycles. The maximum atomic E-state index is 11.9. The number of likely N-dealkylation sites (tertiary alicyclic amines) is 1. The Morgan fingerprint density at radius 1 is 1.50 bits per heavy atom. The number of nitrogens with one attached hydrogen (secondary N) is 1. The average molecular weight is 277 g/mol. The van der Waals surface area contributed by atoms with Gasteiger partial charge in [0.05, 0.1) is 12.3 Å². The lowest BCUT2D eigenvalue weighted by Crippen LogP contribution is -2.50. The lowest BCUT2D eigenvalue weighted by molar-refractivity contribution is -0.136. The first kappa shape index (κ1) is 15.4. The number of hydrogen-bond acceptors (Lipinski definition) is 4. The molecule has 1 fully saturated rings. The summed E-state index contributed by atoms with van der Waals surface area (Å²) >= 11 is 0. The Morgan fingerprint density at radius 2 is 2.17 bits per heavy atom. The molecule has 18 heavy (non-hydrogen) atoms. The zero-order chi connectivity index (χ0) is 13.8. The Labute approximate surface area is 109 Å². The molecule has 0 radical (unpaired) electrons. The van der Waals surface area contributed by atoms with Gasteiger partial charge < -0.3 is 10.6 Å². The second-order valence-electron chi connectivity index (χ2n) is 4.93. The molecule has 1 rings (SSSR count). The van der Waals surface area contributed by atoms with Crippen molar-refractivity contribution < 1.29 is 13.2 Å². The summed E-state index contributed by atoms with van der Waals surface area (Å²) in [5.74, 6) is -0.0425. The number of carbonyl (C=O) groups is 1. The number of sulfonamides is 1. The zero-order valence-corrected chi connectivity index (χ0v) is 11.9. The first-order chi connectivity index (χ1) is 8.31. The highest BCUT2D eigenvalue weighted by atomic mass is 32.2. The van der Waals surface area contributed by atoms with Crippen molar-refractivity contribution in [1.82, 2.24) is 9.62 Å². The molecule has 1 aliphatic rings. The Kier molecular flexibility index (Phi) is 5.55. The van der Waals surface area contributed by atoms with E-state index in [0.717, 1.165) is 32.1 Å². The van der Waals surface area contributed by atoms with E-state index >= 15 is 0 Å². The predicted octanol–water partition coefficient (Wildman–Crippen LogP) is -0.346. The number of amides is 1. The van der Waals surface area contributed by atoms with Gasteiger partial charge in [0.25, 0.3) is 0 Å². The molecule has 2 atom stereocenters. The second-order valence-corrected chi connectivity index (χ2v) is 6.76. The van der Waals surface area contributed by atoms with Crippen molar-refractivity contribution in [3.8, 4) is 0 Å². The van der Waals surface area contributed by atoms with Gasteiger partial charge in [0.2, 0.25) is 15.9 Å². The molecule has 1 amide bonds. The van der Waals surface area contributed by atoms with Gasteiger partial charge in [-0.2, -0.15) is 0 Å². The number of piperidine rings is 1. The Hall–Kier alpha value is -0.660. The molecule has 7 heteroatoms. The van der Waals surface area contributed by atoms with Gasteiger partial charge in [-0.25, -0.2) is 13.1 Å². The lowest BCUT2D eigenvalue weighted by Gasteiger charge is -2.36. The third-order valence-electron chi connectivity index (χ3n) is 3.14. The summed E-state index contributed by atoms with van der Waals surface area (Å²) in [4.78, 5) is 13.7. The fraction of sp³-hybridized carbons (Fsp3) is 0.909. The van der Waals surface area contributed by atoms with E-state index in [4.69, 9.17) is 5.73 Å². The van der Waals surface area contributed by atoms with Crippen LogP contribution in [0.2, 0.25) is 0 Å². The summed E-state index contributed by atoms with van der Waals surface area (Å²) in [7, 11) is -3.16. The molecule has 0 aromatic carbocycles. The normalized spacial score (nSPS) is 22.8. The first-order valence-corrected chi connectivity index (χ1v) is 8.21. The van der Waals surface area contributed by atoms with Crippen molar-refractivity contribution in [2.45, 2.75) is 44.7 Å². The van der Waals surface area contributed by atoms with Gasteiger partial charge in [-0.15, -0.1) is 0 Å². The number of hydrogen-bond donors (Lipinski definition) is 2. The molecule has 3 N–H and O–H groups in total. The highest BCUT2D eigenvalue weighted by molar-refractivity contribution is 7.88. The van der Waals surface area contributed by atoms with E-state index in [1.165, 1.54) is 0 Å². The average Bonchev–Trinajstić information content (AvgIpc) is 2.27. The molecule has 6 nitrogen and oxygen atoms in total. The van der Waals surface area contributed by atoms with Crippen molar-refractivity contribution in [3.63, 3.8) is 0 Å². The minimum atomic E-state index is -3.16. The van der Waals surface area contributed by atoms with Gasteiger partial charge in [-0.1, -0.05) is 0 Å². The van der Waals surface area contributed by atoms with Crippen LogP contribution in [-0.4, -0.2) is 50.7 Å². The molecular formula is C11H23N3O3S. The van der Waals surface area contributed by atoms with E-state index in [0.29, 0.717) is 13.0 Å². The van der Waals surface area contributed by atoms with Crippen LogP contribution in [0.15, 0.2) is 0 Å². The number of rotatable bonds is 5. The molecule has 1 unspecified atom stereocenters. The van der Waals surface area contributed by atoms with Crippen LogP contribution in [0.1, 0.15) is 32.6 Å². The highest BCUT2D eigenvalue weighted by Gasteiger charge is 2.27. The van der Waals surface area contributed by atoms with Crippen LogP contribution in [0.4, 0.5) is 0 Å². The molecule has 1 heterocycles. The molecule has 0 spiro atoms. The van der Waals surface area contributed by atoms with E-state index in [9.17, 15) is 13.2 Å². The molecular weight excluding hydrogens is 254 g/mol. The van der Waals surface area contributed by atoms with Crippen molar-refractivity contribution in [1.29, 1.82) is 0 Å². The molecule has 106 valence electrons. The maximum absolute atomic E-state index is 11.9. The zero-order valence-electron chi connectivity index (χ0n) is 11.1. The molecule has 1 saturated heterocycles.